The van der Waals surface area contributed by atoms with E-state index in [9.17, 15) is 9.59 Å². The van der Waals surface area contributed by atoms with Crippen molar-refractivity contribution in [1.29, 1.82) is 0 Å². The molecular formula is C22H21NO3S. The molecule has 1 heterocycles. The minimum atomic E-state index is -0.533. The van der Waals surface area contributed by atoms with Gasteiger partial charge in [-0.1, -0.05) is 42.5 Å². The van der Waals surface area contributed by atoms with Gasteiger partial charge in [0, 0.05) is 15.8 Å². The maximum Gasteiger partial charge on any atom is 0.331 e. The maximum absolute atomic E-state index is 12.1. The monoisotopic (exact) mass is 379 g/mol. The van der Waals surface area contributed by atoms with Crippen molar-refractivity contribution in [2.45, 2.75) is 19.9 Å². The van der Waals surface area contributed by atoms with Gasteiger partial charge in [-0.05, 0) is 48.4 Å². The van der Waals surface area contributed by atoms with Gasteiger partial charge >= 0.3 is 5.97 Å². The van der Waals surface area contributed by atoms with Crippen molar-refractivity contribution in [2.75, 3.05) is 6.61 Å². The lowest BCUT2D eigenvalue weighted by atomic mass is 10.00. The average molecular weight is 379 g/mol. The van der Waals surface area contributed by atoms with E-state index in [0.717, 1.165) is 21.2 Å². The Morgan fingerprint density at radius 1 is 1.11 bits per heavy atom. The van der Waals surface area contributed by atoms with Crippen molar-refractivity contribution >= 4 is 40.1 Å². The molecule has 5 heteroatoms. The molecule has 3 rings (SSSR count). The highest BCUT2D eigenvalue weighted by atomic mass is 32.1. The van der Waals surface area contributed by atoms with Gasteiger partial charge in [-0.25, -0.2) is 4.79 Å². The van der Waals surface area contributed by atoms with Crippen molar-refractivity contribution < 1.29 is 14.3 Å². The van der Waals surface area contributed by atoms with Crippen LogP contribution >= 0.6 is 11.3 Å². The summed E-state index contributed by atoms with van der Waals surface area (Å²) in [5.41, 5.74) is 1.03. The fraction of sp³-hybridized carbons (Fsp3) is 0.182. The van der Waals surface area contributed by atoms with Gasteiger partial charge in [-0.15, -0.1) is 11.3 Å². The van der Waals surface area contributed by atoms with Gasteiger partial charge in [0.15, 0.2) is 6.61 Å². The molecule has 0 bridgehead atoms. The Bertz CT molecular complexity index is 985. The summed E-state index contributed by atoms with van der Waals surface area (Å²) in [5.74, 6) is -0.863. The molecule has 2 aromatic carbocycles. The van der Waals surface area contributed by atoms with Crippen molar-refractivity contribution in [3.63, 3.8) is 0 Å². The fourth-order valence-corrected chi connectivity index (χ4v) is 3.65. The summed E-state index contributed by atoms with van der Waals surface area (Å²) in [4.78, 5) is 26.1. The molecule has 1 N–H and O–H groups in total. The standard InChI is InChI=1S/C22H21NO3S/c1-15-10-11-18(27-15)12-13-22(25)26-14-21(24)23-16(2)19-9-5-7-17-6-3-4-8-20(17)19/h3-13,16H,14H2,1-2H3,(H,23,24)/b13-12+/t16-/m1/s1. The minimum Gasteiger partial charge on any atom is -0.452 e. The van der Waals surface area contributed by atoms with Crippen molar-refractivity contribution in [2.24, 2.45) is 0 Å². The first-order valence-electron chi connectivity index (χ1n) is 8.71. The van der Waals surface area contributed by atoms with E-state index in [-0.39, 0.29) is 18.6 Å². The van der Waals surface area contributed by atoms with E-state index >= 15 is 0 Å². The molecule has 1 atom stereocenters. The summed E-state index contributed by atoms with van der Waals surface area (Å²) in [7, 11) is 0. The largest absolute Gasteiger partial charge is 0.452 e. The van der Waals surface area contributed by atoms with Crippen LogP contribution in [0.3, 0.4) is 0 Å². The Balaban J connectivity index is 1.54. The Hall–Kier alpha value is -2.92. The zero-order valence-corrected chi connectivity index (χ0v) is 16.1. The first-order chi connectivity index (χ1) is 13.0. The number of hydrogen-bond donors (Lipinski definition) is 1. The molecule has 0 aliphatic rings. The van der Waals surface area contributed by atoms with Gasteiger partial charge < -0.3 is 10.1 Å². The quantitative estimate of drug-likeness (QED) is 0.501. The number of carbonyl (C=O) groups is 2. The number of fused-ring (bicyclic) bond motifs is 1. The fourth-order valence-electron chi connectivity index (χ4n) is 2.87. The molecule has 0 aliphatic carbocycles. The highest BCUT2D eigenvalue weighted by molar-refractivity contribution is 7.12. The molecular weight excluding hydrogens is 358 g/mol. The Morgan fingerprint density at radius 3 is 2.67 bits per heavy atom. The number of ether oxygens (including phenoxy) is 1. The molecule has 1 aromatic heterocycles. The van der Waals surface area contributed by atoms with E-state index < -0.39 is 5.97 Å². The van der Waals surface area contributed by atoms with Crippen LogP contribution < -0.4 is 5.32 Å². The third-order valence-electron chi connectivity index (χ3n) is 4.16. The van der Waals surface area contributed by atoms with E-state index in [2.05, 4.69) is 5.32 Å². The number of esters is 1. The molecule has 0 unspecified atom stereocenters. The van der Waals surface area contributed by atoms with Gasteiger partial charge in [-0.3, -0.25) is 4.79 Å². The van der Waals surface area contributed by atoms with Gasteiger partial charge in [0.25, 0.3) is 5.91 Å². The average Bonchev–Trinajstić information content (AvgIpc) is 3.09. The molecule has 0 radical (unpaired) electrons. The first-order valence-corrected chi connectivity index (χ1v) is 9.53. The Kier molecular flexibility index (Phi) is 6.04. The lowest BCUT2D eigenvalue weighted by Crippen LogP contribution is -2.31. The zero-order chi connectivity index (χ0) is 19.2. The molecule has 0 saturated carbocycles. The van der Waals surface area contributed by atoms with Crippen molar-refractivity contribution in [1.82, 2.24) is 5.32 Å². The summed E-state index contributed by atoms with van der Waals surface area (Å²) in [6.45, 7) is 3.62. The molecule has 27 heavy (non-hydrogen) atoms. The SMILES string of the molecule is Cc1ccc(/C=C/C(=O)OCC(=O)N[C@H](C)c2cccc3ccccc23)s1. The number of carbonyl (C=O) groups excluding carboxylic acids is 2. The molecule has 0 aliphatic heterocycles. The number of amides is 1. The number of rotatable bonds is 6. The van der Waals surface area contributed by atoms with E-state index in [0.29, 0.717) is 0 Å². The smallest absolute Gasteiger partial charge is 0.331 e. The summed E-state index contributed by atoms with van der Waals surface area (Å²) in [6.07, 6.45) is 3.03. The second-order valence-electron chi connectivity index (χ2n) is 6.25. The van der Waals surface area contributed by atoms with Crippen molar-refractivity contribution in [3.05, 3.63) is 76.0 Å². The maximum atomic E-state index is 12.1. The van der Waals surface area contributed by atoms with Gasteiger partial charge in [-0.2, -0.15) is 0 Å². The second-order valence-corrected chi connectivity index (χ2v) is 7.57. The highest BCUT2D eigenvalue weighted by Crippen LogP contribution is 2.24. The van der Waals surface area contributed by atoms with Crippen LogP contribution in [0, 0.1) is 6.92 Å². The topological polar surface area (TPSA) is 55.4 Å². The third kappa shape index (κ3) is 5.05. The summed E-state index contributed by atoms with van der Waals surface area (Å²) in [6, 6.07) is 17.8. The number of hydrogen-bond acceptors (Lipinski definition) is 4. The normalized spacial score (nSPS) is 12.2. The second kappa shape index (κ2) is 8.64. The molecule has 0 saturated heterocycles. The third-order valence-corrected chi connectivity index (χ3v) is 5.12. The first kappa shape index (κ1) is 18.9. The zero-order valence-electron chi connectivity index (χ0n) is 15.3. The van der Waals surface area contributed by atoms with Crippen LogP contribution in [-0.2, 0) is 14.3 Å². The lowest BCUT2D eigenvalue weighted by Gasteiger charge is -2.16. The van der Waals surface area contributed by atoms with E-state index in [1.165, 1.54) is 11.0 Å². The van der Waals surface area contributed by atoms with Crippen LogP contribution in [0.1, 0.15) is 28.3 Å². The number of benzene rings is 2. The predicted molar refractivity (Wildman–Crippen MR) is 110 cm³/mol. The van der Waals surface area contributed by atoms with Gasteiger partial charge in [0.05, 0.1) is 6.04 Å². The van der Waals surface area contributed by atoms with Crippen LogP contribution in [-0.4, -0.2) is 18.5 Å². The number of thiophene rings is 1. The Morgan fingerprint density at radius 2 is 1.89 bits per heavy atom. The van der Waals surface area contributed by atoms with Gasteiger partial charge in [0.1, 0.15) is 0 Å². The van der Waals surface area contributed by atoms with Crippen molar-refractivity contribution in [3.8, 4) is 0 Å². The van der Waals surface area contributed by atoms with Crippen LogP contribution in [0.15, 0.2) is 60.7 Å². The molecule has 3 aromatic rings. The molecule has 0 spiro atoms. The lowest BCUT2D eigenvalue weighted by molar-refractivity contribution is -0.144. The summed E-state index contributed by atoms with van der Waals surface area (Å²) < 4.78 is 5.02. The van der Waals surface area contributed by atoms with E-state index in [1.807, 2.05) is 68.4 Å². The molecule has 1 amide bonds. The van der Waals surface area contributed by atoms with E-state index in [1.54, 1.807) is 17.4 Å². The van der Waals surface area contributed by atoms with Crippen LogP contribution in [0.5, 0.6) is 0 Å². The van der Waals surface area contributed by atoms with Gasteiger partial charge in [0.2, 0.25) is 0 Å². The molecule has 0 fully saturated rings. The van der Waals surface area contributed by atoms with E-state index in [4.69, 9.17) is 4.74 Å². The minimum absolute atomic E-state index is 0.188. The van der Waals surface area contributed by atoms with Crippen LogP contribution in [0.4, 0.5) is 0 Å². The molecule has 138 valence electrons. The molecule has 4 nitrogen and oxygen atoms in total. The number of aryl methyl sites for hydroxylation is 1. The van der Waals surface area contributed by atoms with Crippen LogP contribution in [0.25, 0.3) is 16.8 Å². The predicted octanol–water partition coefficient (Wildman–Crippen LogP) is 4.64. The summed E-state index contributed by atoms with van der Waals surface area (Å²) >= 11 is 1.59. The summed E-state index contributed by atoms with van der Waals surface area (Å²) in [5, 5.41) is 5.10. The number of nitrogens with one attached hydrogen (secondary N) is 1. The Labute approximate surface area is 162 Å². The highest BCUT2D eigenvalue weighted by Gasteiger charge is 2.13. The van der Waals surface area contributed by atoms with Crippen LogP contribution in [0.2, 0.25) is 0 Å².